The van der Waals surface area contributed by atoms with Crippen molar-refractivity contribution in [2.75, 3.05) is 0 Å². The molecule has 0 bridgehead atoms. The lowest BCUT2D eigenvalue weighted by Gasteiger charge is -2.23. The van der Waals surface area contributed by atoms with E-state index in [9.17, 15) is 0 Å². The van der Waals surface area contributed by atoms with E-state index in [4.69, 9.17) is 11.0 Å². The minimum Gasteiger partial charge on any atom is -0.456 e. The first kappa shape index (κ1) is 33.8. The van der Waals surface area contributed by atoms with Crippen LogP contribution in [0.3, 0.4) is 0 Å². The fourth-order valence-electron chi connectivity index (χ4n) is 9.07. The smallest absolute Gasteiger partial charge is 0.135 e. The summed E-state index contributed by atoms with van der Waals surface area (Å²) in [6.45, 7) is 11.7. The molecule has 0 amide bonds. The van der Waals surface area contributed by atoms with Crippen LogP contribution >= 0.6 is 0 Å². The third-order valence-corrected chi connectivity index (χ3v) is 12.0. The molecule has 9 aromatic rings. The second-order valence-electron chi connectivity index (χ2n) is 15.8. The highest BCUT2D eigenvalue weighted by atomic mass is 16.3. The monoisotopic (exact) mass is 718 g/mol. The third-order valence-electron chi connectivity index (χ3n) is 12.0. The average Bonchev–Trinajstić information content (AvgIpc) is 3.73. The van der Waals surface area contributed by atoms with Crippen LogP contribution in [0.4, 0.5) is 0 Å². The Hall–Kier alpha value is -6.70. The maximum absolute atomic E-state index is 6.34. The van der Waals surface area contributed by atoms with Gasteiger partial charge in [-0.15, -0.1) is 0 Å². The zero-order valence-electron chi connectivity index (χ0n) is 32.1. The number of benzene rings is 8. The van der Waals surface area contributed by atoms with Crippen molar-refractivity contribution in [1.29, 1.82) is 0 Å². The Morgan fingerprint density at radius 2 is 1.07 bits per heavy atom. The summed E-state index contributed by atoms with van der Waals surface area (Å²) in [4.78, 5) is 0. The molecule has 0 unspecified atom stereocenters. The number of aryl methyl sites for hydroxylation is 1. The van der Waals surface area contributed by atoms with E-state index in [-0.39, 0.29) is 5.41 Å². The van der Waals surface area contributed by atoms with Gasteiger partial charge in [0, 0.05) is 16.2 Å². The second-order valence-corrected chi connectivity index (χ2v) is 15.8. The molecule has 1 heterocycles. The van der Waals surface area contributed by atoms with Gasteiger partial charge < -0.3 is 4.42 Å². The number of fused-ring (bicyclic) bond motifs is 7. The van der Waals surface area contributed by atoms with E-state index in [0.717, 1.165) is 23.2 Å². The summed E-state index contributed by atoms with van der Waals surface area (Å²) in [7, 11) is 0. The van der Waals surface area contributed by atoms with E-state index in [0.29, 0.717) is 0 Å². The van der Waals surface area contributed by atoms with E-state index in [1.807, 2.05) is 6.07 Å². The van der Waals surface area contributed by atoms with Crippen LogP contribution in [0.15, 0.2) is 187 Å². The van der Waals surface area contributed by atoms with Gasteiger partial charge in [-0.3, -0.25) is 0 Å². The van der Waals surface area contributed by atoms with Crippen molar-refractivity contribution in [1.82, 2.24) is 0 Å². The largest absolute Gasteiger partial charge is 0.456 e. The molecular weight excluding hydrogens is 677 g/mol. The van der Waals surface area contributed by atoms with Gasteiger partial charge in [-0.2, -0.15) is 0 Å². The predicted molar refractivity (Wildman–Crippen MR) is 237 cm³/mol. The Balaban J connectivity index is 1.07. The summed E-state index contributed by atoms with van der Waals surface area (Å²) in [5.41, 5.74) is 21.5. The van der Waals surface area contributed by atoms with Gasteiger partial charge in [0.2, 0.25) is 0 Å². The van der Waals surface area contributed by atoms with E-state index in [1.165, 1.54) is 94.2 Å². The molecule has 8 aromatic carbocycles. The van der Waals surface area contributed by atoms with Gasteiger partial charge in [-0.25, -0.2) is 0 Å². The number of allylic oxidation sites excluding steroid dienone is 1. The van der Waals surface area contributed by atoms with Crippen molar-refractivity contribution in [3.63, 3.8) is 0 Å². The van der Waals surface area contributed by atoms with Crippen LogP contribution < -0.4 is 0 Å². The SMILES string of the molecule is C=C(Cc1ccccc1)c1cc(-c2ccc3c(c2)C(C)(C)c2c-3ccc3oc4ccccc4c23)ccc1-c1cc(-c2ccc(-c3ccccc3)cc2)ccc1C. The lowest BCUT2D eigenvalue weighted by Crippen LogP contribution is -2.15. The van der Waals surface area contributed by atoms with Crippen LogP contribution in [-0.2, 0) is 11.8 Å². The molecule has 1 aromatic heterocycles. The van der Waals surface area contributed by atoms with Gasteiger partial charge in [-0.05, 0) is 133 Å². The van der Waals surface area contributed by atoms with Gasteiger partial charge in [-0.1, -0.05) is 166 Å². The molecule has 10 rings (SSSR count). The van der Waals surface area contributed by atoms with E-state index in [1.54, 1.807) is 0 Å². The van der Waals surface area contributed by atoms with E-state index in [2.05, 4.69) is 191 Å². The molecule has 56 heavy (non-hydrogen) atoms. The maximum Gasteiger partial charge on any atom is 0.135 e. The van der Waals surface area contributed by atoms with Crippen molar-refractivity contribution < 1.29 is 4.42 Å². The molecule has 0 spiro atoms. The molecule has 0 saturated carbocycles. The van der Waals surface area contributed by atoms with Crippen LogP contribution in [-0.4, -0.2) is 0 Å². The highest BCUT2D eigenvalue weighted by Crippen LogP contribution is 2.54. The maximum atomic E-state index is 6.34. The van der Waals surface area contributed by atoms with Gasteiger partial charge in [0.15, 0.2) is 0 Å². The summed E-state index contributed by atoms with van der Waals surface area (Å²) in [5.74, 6) is 0. The molecule has 1 aliphatic rings. The topological polar surface area (TPSA) is 13.1 Å². The minimum absolute atomic E-state index is 0.205. The van der Waals surface area contributed by atoms with Gasteiger partial charge in [0.05, 0.1) is 0 Å². The second kappa shape index (κ2) is 13.3. The first-order valence-corrected chi connectivity index (χ1v) is 19.6. The molecule has 0 aliphatic heterocycles. The van der Waals surface area contributed by atoms with Crippen LogP contribution in [0, 0.1) is 6.92 Å². The molecule has 1 heteroatoms. The Kier molecular flexibility index (Phi) is 8.01. The van der Waals surface area contributed by atoms with Crippen molar-refractivity contribution in [3.8, 4) is 55.6 Å². The van der Waals surface area contributed by atoms with Gasteiger partial charge in [0.25, 0.3) is 0 Å². The summed E-state index contributed by atoms with van der Waals surface area (Å²) < 4.78 is 6.34. The lowest BCUT2D eigenvalue weighted by atomic mass is 9.79. The first-order chi connectivity index (χ1) is 27.3. The summed E-state index contributed by atoms with van der Waals surface area (Å²) in [6, 6.07) is 63.9. The Labute approximate surface area is 329 Å². The normalized spacial score (nSPS) is 12.8. The van der Waals surface area contributed by atoms with Gasteiger partial charge >= 0.3 is 0 Å². The van der Waals surface area contributed by atoms with Crippen molar-refractivity contribution in [3.05, 3.63) is 210 Å². The highest BCUT2D eigenvalue weighted by molar-refractivity contribution is 6.11. The molecule has 0 radical (unpaired) electrons. The van der Waals surface area contributed by atoms with Crippen molar-refractivity contribution >= 4 is 27.5 Å². The van der Waals surface area contributed by atoms with Crippen LogP contribution in [0.2, 0.25) is 0 Å². The third kappa shape index (κ3) is 5.62. The molecule has 0 N–H and O–H groups in total. The molecular formula is C55H42O. The molecule has 0 atom stereocenters. The Bertz CT molecular complexity index is 2960. The summed E-state index contributed by atoms with van der Waals surface area (Å²) in [6.07, 6.45) is 0.776. The lowest BCUT2D eigenvalue weighted by molar-refractivity contribution is 0.657. The zero-order valence-corrected chi connectivity index (χ0v) is 32.1. The first-order valence-electron chi connectivity index (χ1n) is 19.6. The fraction of sp³-hybridized carbons (Fsp3) is 0.0909. The molecule has 0 saturated heterocycles. The summed E-state index contributed by atoms with van der Waals surface area (Å²) >= 11 is 0. The predicted octanol–water partition coefficient (Wildman–Crippen LogP) is 15.1. The van der Waals surface area contributed by atoms with Gasteiger partial charge in [0.1, 0.15) is 11.2 Å². The minimum atomic E-state index is -0.205. The number of hydrogen-bond acceptors (Lipinski definition) is 1. The Morgan fingerprint density at radius 3 is 1.84 bits per heavy atom. The summed E-state index contributed by atoms with van der Waals surface area (Å²) in [5, 5.41) is 2.41. The van der Waals surface area contributed by atoms with E-state index >= 15 is 0 Å². The molecule has 268 valence electrons. The Morgan fingerprint density at radius 1 is 0.500 bits per heavy atom. The quantitative estimate of drug-likeness (QED) is 0.160. The molecule has 0 fully saturated rings. The molecule has 1 aliphatic carbocycles. The van der Waals surface area contributed by atoms with Crippen LogP contribution in [0.1, 0.15) is 41.7 Å². The highest BCUT2D eigenvalue weighted by Gasteiger charge is 2.38. The zero-order chi connectivity index (χ0) is 38.0. The fourth-order valence-corrected chi connectivity index (χ4v) is 9.07. The van der Waals surface area contributed by atoms with Crippen LogP contribution in [0.5, 0.6) is 0 Å². The number of rotatable bonds is 7. The number of para-hydroxylation sites is 1. The van der Waals surface area contributed by atoms with E-state index < -0.39 is 0 Å². The molecule has 1 nitrogen and oxygen atoms in total. The average molecular weight is 719 g/mol. The standard InChI is InChI=1S/C55H42O/c1-35-19-20-41(40-23-21-39(22-24-40)38-15-9-6-10-16-38)32-48(35)44-27-25-42(33-49(44)36(2)31-37-13-7-5-8-14-37)43-26-28-45-46-29-30-52-53(47-17-11-12-18-51(47)56-52)54(46)55(3,4)50(45)34-43/h5-30,32-34H,2,31H2,1,3-4H3. The van der Waals surface area contributed by atoms with Crippen molar-refractivity contribution in [2.45, 2.75) is 32.6 Å². The number of furan rings is 1. The van der Waals surface area contributed by atoms with Crippen molar-refractivity contribution in [2.24, 2.45) is 0 Å². The number of hydrogen-bond donors (Lipinski definition) is 0. The van der Waals surface area contributed by atoms with Crippen LogP contribution in [0.25, 0.3) is 83.1 Å².